The van der Waals surface area contributed by atoms with Gasteiger partial charge in [-0.3, -0.25) is 0 Å². The molecule has 1 heteroatoms. The van der Waals surface area contributed by atoms with E-state index < -0.39 is 21.8 Å². The Balaban J connectivity index is 3.28. The molecule has 0 saturated heterocycles. The van der Waals surface area contributed by atoms with Gasteiger partial charge in [-0.25, -0.2) is 0 Å². The predicted molar refractivity (Wildman–Crippen MR) is 56.6 cm³/mol. The van der Waals surface area contributed by atoms with Crippen LogP contribution in [0.1, 0.15) is 34.6 Å². The van der Waals surface area contributed by atoms with Gasteiger partial charge in [-0.2, -0.15) is 0 Å². The molecule has 0 radical (unpaired) electrons. The Labute approximate surface area is 90.8 Å². The van der Waals surface area contributed by atoms with Crippen LogP contribution in [0.3, 0.4) is 0 Å². The predicted octanol–water partition coefficient (Wildman–Crippen LogP) is 4.35. The van der Waals surface area contributed by atoms with Crippen LogP contribution < -0.4 is 0 Å². The van der Waals surface area contributed by atoms with Gasteiger partial charge in [0.15, 0.2) is 0 Å². The van der Waals surface area contributed by atoms with Crippen LogP contribution in [-0.4, -0.2) is 0 Å². The van der Waals surface area contributed by atoms with Gasteiger partial charge in [0, 0.05) is 0 Å². The molecule has 0 saturated carbocycles. The van der Waals surface area contributed by atoms with Gasteiger partial charge in [-0.15, -0.1) is 0 Å². The molecule has 1 aliphatic rings. The first-order valence-electron chi connectivity index (χ1n) is 5.00. The van der Waals surface area contributed by atoms with E-state index in [4.69, 9.17) is 0 Å². The van der Waals surface area contributed by atoms with Crippen LogP contribution in [0.2, 0.25) is 9.26 Å². The molecule has 0 N–H and O–H groups in total. The molecule has 0 aromatic heterocycles. The van der Waals surface area contributed by atoms with Gasteiger partial charge in [0.25, 0.3) is 0 Å². The quantitative estimate of drug-likeness (QED) is 0.654. The van der Waals surface area contributed by atoms with E-state index in [9.17, 15) is 0 Å². The third kappa shape index (κ3) is 1.65. The van der Waals surface area contributed by atoms with Gasteiger partial charge >= 0.3 is 91.0 Å². The van der Waals surface area contributed by atoms with E-state index >= 15 is 0 Å². The molecule has 0 aliphatic heterocycles. The maximum absolute atomic E-state index is 2.49. The molecule has 0 bridgehead atoms. The summed E-state index contributed by atoms with van der Waals surface area (Å²) in [6.07, 6.45) is 0. The second-order valence-corrected chi connectivity index (χ2v) is 11.0. The van der Waals surface area contributed by atoms with Crippen molar-refractivity contribution >= 4 is 0 Å². The van der Waals surface area contributed by atoms with Crippen molar-refractivity contribution in [2.75, 3.05) is 0 Å². The average molecular weight is 257 g/mol. The Morgan fingerprint density at radius 2 is 1.38 bits per heavy atom. The molecule has 1 rings (SSSR count). The summed E-state index contributed by atoms with van der Waals surface area (Å²) in [5.74, 6) is 0. The van der Waals surface area contributed by atoms with Crippen LogP contribution in [-0.2, 0) is 21.8 Å². The van der Waals surface area contributed by atoms with Crippen molar-refractivity contribution in [2.45, 2.75) is 43.9 Å². The monoisotopic (exact) mass is 255 g/mol. The summed E-state index contributed by atoms with van der Waals surface area (Å²) in [7, 11) is 0. The van der Waals surface area contributed by atoms with E-state index in [0.717, 1.165) is 0 Å². The van der Waals surface area contributed by atoms with Crippen molar-refractivity contribution < 1.29 is 21.8 Å². The fraction of sp³-hybridized carbons (Fsp3) is 0.667. The first-order valence-corrected chi connectivity index (χ1v) is 11.1. The van der Waals surface area contributed by atoms with E-state index in [1.165, 1.54) is 0 Å². The topological polar surface area (TPSA) is 0 Å². The first kappa shape index (κ1) is 11.4. The van der Waals surface area contributed by atoms with E-state index in [1.807, 2.05) is 3.28 Å². The van der Waals surface area contributed by atoms with Gasteiger partial charge in [-0.05, 0) is 0 Å². The van der Waals surface area contributed by atoms with E-state index in [0.29, 0.717) is 5.41 Å². The van der Waals surface area contributed by atoms with Crippen molar-refractivity contribution in [3.63, 3.8) is 0 Å². The summed E-state index contributed by atoms with van der Waals surface area (Å²) in [5.41, 5.74) is 5.15. The minimum absolute atomic E-state index is 0.381. The molecular formula is C12H21Zr. The molecule has 0 heterocycles. The van der Waals surface area contributed by atoms with Crippen LogP contribution in [0.4, 0.5) is 0 Å². The second-order valence-electron chi connectivity index (χ2n) is 4.88. The van der Waals surface area contributed by atoms with Gasteiger partial charge in [0.1, 0.15) is 0 Å². The SMILES string of the molecule is CC1=C(C)C(C)(C)[C]([Zr]([CH3])[CH3])=C1C. The van der Waals surface area contributed by atoms with Crippen molar-refractivity contribution in [3.8, 4) is 0 Å². The van der Waals surface area contributed by atoms with Gasteiger partial charge in [0.2, 0.25) is 0 Å². The molecule has 0 atom stereocenters. The molecule has 0 aromatic carbocycles. The van der Waals surface area contributed by atoms with Crippen molar-refractivity contribution in [1.29, 1.82) is 0 Å². The normalized spacial score (nSPS) is 21.5. The van der Waals surface area contributed by atoms with E-state index in [1.54, 1.807) is 16.7 Å². The zero-order chi connectivity index (χ0) is 10.4. The third-order valence-electron chi connectivity index (χ3n) is 3.56. The van der Waals surface area contributed by atoms with Crippen molar-refractivity contribution in [1.82, 2.24) is 0 Å². The number of hydrogen-bond donors (Lipinski definition) is 0. The van der Waals surface area contributed by atoms with Crippen LogP contribution in [0.15, 0.2) is 20.0 Å². The Morgan fingerprint density at radius 3 is 1.54 bits per heavy atom. The number of allylic oxidation sites excluding steroid dienone is 4. The average Bonchev–Trinajstić information content (AvgIpc) is 2.12. The zero-order valence-corrected chi connectivity index (χ0v) is 12.5. The second kappa shape index (κ2) is 3.50. The Kier molecular flexibility index (Phi) is 3.08. The van der Waals surface area contributed by atoms with Gasteiger partial charge in [-0.1, -0.05) is 0 Å². The standard InChI is InChI=1S/C10H15.2CH3.Zr/c1-7-6-10(4,5)9(3)8(7)2;;;/h1-5H3;2*1H3;. The number of rotatable bonds is 1. The molecule has 1 aliphatic carbocycles. The summed E-state index contributed by atoms with van der Waals surface area (Å²) in [4.78, 5) is 0. The molecule has 13 heavy (non-hydrogen) atoms. The Morgan fingerprint density at radius 1 is 0.923 bits per heavy atom. The molecule has 0 fully saturated rings. The molecule has 0 unspecified atom stereocenters. The van der Waals surface area contributed by atoms with Crippen LogP contribution in [0, 0.1) is 5.41 Å². The molecule has 0 amide bonds. The fourth-order valence-corrected chi connectivity index (χ4v) is 8.43. The van der Waals surface area contributed by atoms with Crippen LogP contribution in [0.5, 0.6) is 0 Å². The van der Waals surface area contributed by atoms with Crippen LogP contribution in [0.25, 0.3) is 0 Å². The van der Waals surface area contributed by atoms with Crippen molar-refractivity contribution in [3.05, 3.63) is 20.0 Å². The van der Waals surface area contributed by atoms with Crippen LogP contribution >= 0.6 is 0 Å². The Bertz CT molecular complexity index is 290. The molecule has 73 valence electrons. The molecule has 0 spiro atoms. The molecular weight excluding hydrogens is 235 g/mol. The fourth-order valence-electron chi connectivity index (χ4n) is 2.59. The zero-order valence-electron chi connectivity index (χ0n) is 10.0. The Hall–Kier alpha value is 0.363. The van der Waals surface area contributed by atoms with Gasteiger partial charge < -0.3 is 0 Å². The maximum atomic E-state index is 2.49. The third-order valence-corrected chi connectivity index (χ3v) is 8.48. The summed E-state index contributed by atoms with van der Waals surface area (Å²) in [5, 5.41) is 0. The summed E-state index contributed by atoms with van der Waals surface area (Å²) >= 11 is -1.19. The summed E-state index contributed by atoms with van der Waals surface area (Å²) in [6.45, 7) is 11.7. The molecule has 0 nitrogen and oxygen atoms in total. The summed E-state index contributed by atoms with van der Waals surface area (Å²) in [6, 6.07) is 0. The van der Waals surface area contributed by atoms with E-state index in [2.05, 4.69) is 43.9 Å². The number of hydrogen-bond acceptors (Lipinski definition) is 0. The minimum atomic E-state index is -1.19. The van der Waals surface area contributed by atoms with Crippen molar-refractivity contribution in [2.24, 2.45) is 5.41 Å². The van der Waals surface area contributed by atoms with Gasteiger partial charge in [0.05, 0.1) is 0 Å². The van der Waals surface area contributed by atoms with E-state index in [-0.39, 0.29) is 0 Å². The first-order chi connectivity index (χ1) is 5.80. The summed E-state index contributed by atoms with van der Waals surface area (Å²) < 4.78 is 6.81. The molecule has 0 aromatic rings.